The molecule has 2 aromatic rings. The maximum absolute atomic E-state index is 11.8. The zero-order valence-electron chi connectivity index (χ0n) is 11.5. The van der Waals surface area contributed by atoms with Gasteiger partial charge in [0.15, 0.2) is 0 Å². The molecule has 0 radical (unpaired) electrons. The summed E-state index contributed by atoms with van der Waals surface area (Å²) in [5.41, 5.74) is 1.19. The minimum atomic E-state index is -0.0532. The van der Waals surface area contributed by atoms with Crippen LogP contribution in [0.3, 0.4) is 0 Å². The number of nitrogens with zero attached hydrogens (tertiary/aromatic N) is 4. The lowest BCUT2D eigenvalue weighted by Crippen LogP contribution is -2.35. The van der Waals surface area contributed by atoms with Gasteiger partial charge < -0.3 is 10.1 Å². The van der Waals surface area contributed by atoms with E-state index in [1.165, 1.54) is 22.0 Å². The van der Waals surface area contributed by atoms with Gasteiger partial charge in [-0.15, -0.1) is 5.10 Å². The number of hydrogen-bond donors (Lipinski definition) is 1. The van der Waals surface area contributed by atoms with Crippen molar-refractivity contribution in [1.82, 2.24) is 25.5 Å². The minimum Gasteiger partial charge on any atom is -0.488 e. The summed E-state index contributed by atoms with van der Waals surface area (Å²) in [6, 6.07) is 7.95. The molecule has 1 aliphatic rings. The third-order valence-electron chi connectivity index (χ3n) is 3.15. The molecule has 1 unspecified atom stereocenters. The fraction of sp³-hybridized carbons (Fsp3) is 0.385. The SMILES string of the molecule is Cn1nnnc1SCC(=O)NCC1Cc2ccccc2O1. The molecule has 2 heterocycles. The van der Waals surface area contributed by atoms with Crippen LogP contribution in [0.1, 0.15) is 5.56 Å². The Balaban J connectivity index is 1.42. The van der Waals surface area contributed by atoms with Gasteiger partial charge in [-0.1, -0.05) is 30.0 Å². The molecule has 0 bridgehead atoms. The number of nitrogens with one attached hydrogen (secondary N) is 1. The van der Waals surface area contributed by atoms with E-state index in [1.54, 1.807) is 7.05 Å². The summed E-state index contributed by atoms with van der Waals surface area (Å²) in [5, 5.41) is 14.5. The first kappa shape index (κ1) is 13.9. The maximum Gasteiger partial charge on any atom is 0.230 e. The molecule has 0 saturated carbocycles. The standard InChI is InChI=1S/C13H15N5O2S/c1-18-13(15-16-17-18)21-8-12(19)14-7-10-6-9-4-2-3-5-11(9)20-10/h2-5,10H,6-8H2,1H3,(H,14,19). The van der Waals surface area contributed by atoms with E-state index in [1.807, 2.05) is 24.3 Å². The Kier molecular flexibility index (Phi) is 4.05. The number of hydrogen-bond acceptors (Lipinski definition) is 6. The number of aryl methyl sites for hydroxylation is 1. The molecule has 7 nitrogen and oxygen atoms in total. The van der Waals surface area contributed by atoms with Gasteiger partial charge in [0.2, 0.25) is 11.1 Å². The molecule has 1 amide bonds. The summed E-state index contributed by atoms with van der Waals surface area (Å²) in [6.45, 7) is 0.505. The highest BCUT2D eigenvalue weighted by atomic mass is 32.2. The third kappa shape index (κ3) is 3.33. The highest BCUT2D eigenvalue weighted by Gasteiger charge is 2.22. The lowest BCUT2D eigenvalue weighted by Gasteiger charge is -2.11. The molecular weight excluding hydrogens is 290 g/mol. The largest absolute Gasteiger partial charge is 0.488 e. The summed E-state index contributed by atoms with van der Waals surface area (Å²) >= 11 is 1.31. The average Bonchev–Trinajstić information content (AvgIpc) is 3.08. The van der Waals surface area contributed by atoms with E-state index in [0.29, 0.717) is 11.7 Å². The van der Waals surface area contributed by atoms with E-state index in [2.05, 4.69) is 20.8 Å². The van der Waals surface area contributed by atoms with E-state index in [-0.39, 0.29) is 17.8 Å². The number of tetrazole rings is 1. The Bertz CT molecular complexity index is 620. The molecule has 1 aliphatic heterocycles. The number of rotatable bonds is 5. The van der Waals surface area contributed by atoms with Gasteiger partial charge in [-0.25, -0.2) is 4.68 Å². The fourth-order valence-electron chi connectivity index (χ4n) is 2.12. The predicted octanol–water partition coefficient (Wildman–Crippen LogP) is 0.422. The smallest absolute Gasteiger partial charge is 0.230 e. The number of benzene rings is 1. The topological polar surface area (TPSA) is 81.9 Å². The zero-order valence-corrected chi connectivity index (χ0v) is 12.3. The summed E-state index contributed by atoms with van der Waals surface area (Å²) in [5.74, 6) is 1.15. The number of fused-ring (bicyclic) bond motifs is 1. The first-order chi connectivity index (χ1) is 10.2. The predicted molar refractivity (Wildman–Crippen MR) is 77.1 cm³/mol. The summed E-state index contributed by atoms with van der Waals surface area (Å²) in [6.07, 6.45) is 0.837. The van der Waals surface area contributed by atoms with Crippen LogP contribution in [0.15, 0.2) is 29.4 Å². The number of ether oxygens (including phenoxy) is 1. The van der Waals surface area contributed by atoms with Crippen molar-refractivity contribution in [3.8, 4) is 5.75 Å². The molecule has 1 aromatic heterocycles. The highest BCUT2D eigenvalue weighted by molar-refractivity contribution is 7.99. The van der Waals surface area contributed by atoms with E-state index >= 15 is 0 Å². The van der Waals surface area contributed by atoms with E-state index in [9.17, 15) is 4.79 Å². The van der Waals surface area contributed by atoms with Crippen molar-refractivity contribution in [2.24, 2.45) is 7.05 Å². The van der Waals surface area contributed by atoms with Gasteiger partial charge in [0.1, 0.15) is 11.9 Å². The van der Waals surface area contributed by atoms with E-state index < -0.39 is 0 Å². The molecule has 21 heavy (non-hydrogen) atoms. The summed E-state index contributed by atoms with van der Waals surface area (Å²) < 4.78 is 7.31. The molecule has 1 atom stereocenters. The minimum absolute atomic E-state index is 0.00726. The number of aromatic nitrogens is 4. The van der Waals surface area contributed by atoms with Gasteiger partial charge in [0.05, 0.1) is 12.3 Å². The molecule has 8 heteroatoms. The Hall–Kier alpha value is -2.09. The molecular formula is C13H15N5O2S. The van der Waals surface area contributed by atoms with Crippen LogP contribution in [0.25, 0.3) is 0 Å². The van der Waals surface area contributed by atoms with Crippen LogP contribution in [0.2, 0.25) is 0 Å². The molecule has 0 spiro atoms. The van der Waals surface area contributed by atoms with Crippen molar-refractivity contribution in [1.29, 1.82) is 0 Å². The van der Waals surface area contributed by atoms with Gasteiger partial charge in [-0.2, -0.15) is 0 Å². The van der Waals surface area contributed by atoms with Gasteiger partial charge in [0.25, 0.3) is 0 Å². The van der Waals surface area contributed by atoms with Crippen LogP contribution in [-0.2, 0) is 18.3 Å². The van der Waals surface area contributed by atoms with Gasteiger partial charge in [-0.05, 0) is 22.1 Å². The average molecular weight is 305 g/mol. The van der Waals surface area contributed by atoms with Crippen molar-refractivity contribution < 1.29 is 9.53 Å². The highest BCUT2D eigenvalue weighted by Crippen LogP contribution is 2.27. The Morgan fingerprint density at radius 3 is 3.14 bits per heavy atom. The number of carbonyl (C=O) groups is 1. The summed E-state index contributed by atoms with van der Waals surface area (Å²) in [4.78, 5) is 11.8. The van der Waals surface area contributed by atoms with Crippen LogP contribution in [0.5, 0.6) is 5.75 Å². The van der Waals surface area contributed by atoms with Crippen molar-refractivity contribution in [3.63, 3.8) is 0 Å². The second-order valence-electron chi connectivity index (χ2n) is 4.73. The Morgan fingerprint density at radius 1 is 1.52 bits per heavy atom. The van der Waals surface area contributed by atoms with Gasteiger partial charge >= 0.3 is 0 Å². The Labute approximate surface area is 126 Å². The second-order valence-corrected chi connectivity index (χ2v) is 5.67. The lowest BCUT2D eigenvalue weighted by molar-refractivity contribution is -0.118. The normalized spacial score (nSPS) is 16.3. The van der Waals surface area contributed by atoms with Crippen molar-refractivity contribution in [3.05, 3.63) is 29.8 Å². The van der Waals surface area contributed by atoms with Crippen molar-refractivity contribution >= 4 is 17.7 Å². The molecule has 3 rings (SSSR count). The quantitative estimate of drug-likeness (QED) is 0.806. The fourth-order valence-corrected chi connectivity index (χ4v) is 2.80. The van der Waals surface area contributed by atoms with Gasteiger partial charge in [-0.3, -0.25) is 4.79 Å². The van der Waals surface area contributed by atoms with E-state index in [4.69, 9.17) is 4.74 Å². The number of para-hydroxylation sites is 1. The number of thioether (sulfide) groups is 1. The van der Waals surface area contributed by atoms with Crippen molar-refractivity contribution in [2.45, 2.75) is 17.7 Å². The monoisotopic (exact) mass is 305 g/mol. The third-order valence-corrected chi connectivity index (χ3v) is 4.16. The van der Waals surface area contributed by atoms with Crippen LogP contribution >= 0.6 is 11.8 Å². The molecule has 0 fully saturated rings. The van der Waals surface area contributed by atoms with Gasteiger partial charge in [0, 0.05) is 13.5 Å². The molecule has 0 saturated heterocycles. The Morgan fingerprint density at radius 2 is 2.38 bits per heavy atom. The maximum atomic E-state index is 11.8. The van der Waals surface area contributed by atoms with Crippen LogP contribution in [0, 0.1) is 0 Å². The second kappa shape index (κ2) is 6.13. The number of carbonyl (C=O) groups excluding carboxylic acids is 1. The van der Waals surface area contributed by atoms with Crippen LogP contribution in [0.4, 0.5) is 0 Å². The van der Waals surface area contributed by atoms with Crippen LogP contribution in [-0.4, -0.2) is 44.5 Å². The van der Waals surface area contributed by atoms with E-state index in [0.717, 1.165) is 12.2 Å². The molecule has 110 valence electrons. The van der Waals surface area contributed by atoms with Crippen LogP contribution < -0.4 is 10.1 Å². The first-order valence-electron chi connectivity index (χ1n) is 6.59. The first-order valence-corrected chi connectivity index (χ1v) is 7.57. The molecule has 1 N–H and O–H groups in total. The lowest BCUT2D eigenvalue weighted by atomic mass is 10.1. The summed E-state index contributed by atoms with van der Waals surface area (Å²) in [7, 11) is 1.74. The molecule has 0 aliphatic carbocycles. The zero-order chi connectivity index (χ0) is 14.7. The molecule has 1 aromatic carbocycles. The van der Waals surface area contributed by atoms with Crippen molar-refractivity contribution in [2.75, 3.05) is 12.3 Å². The number of amides is 1.